The lowest BCUT2D eigenvalue weighted by molar-refractivity contribution is 0.230. The molecule has 0 bridgehead atoms. The van der Waals surface area contributed by atoms with Crippen LogP contribution in [0.2, 0.25) is 0 Å². The summed E-state index contributed by atoms with van der Waals surface area (Å²) in [5.74, 6) is 0. The van der Waals surface area contributed by atoms with Gasteiger partial charge in [0.2, 0.25) is 0 Å². The van der Waals surface area contributed by atoms with Crippen LogP contribution in [-0.4, -0.2) is 31.6 Å². The highest BCUT2D eigenvalue weighted by molar-refractivity contribution is 8.04. The van der Waals surface area contributed by atoms with Gasteiger partial charge >= 0.3 is 5.24 Å². The normalized spacial score (nSPS) is 10.5. The van der Waals surface area contributed by atoms with Gasteiger partial charge in [-0.1, -0.05) is 12.2 Å². The summed E-state index contributed by atoms with van der Waals surface area (Å²) in [5.41, 5.74) is 0. The van der Waals surface area contributed by atoms with E-state index in [1.165, 1.54) is 12.2 Å². The van der Waals surface area contributed by atoms with Gasteiger partial charge in [0.15, 0.2) is 0 Å². The molecule has 0 saturated carbocycles. The molecule has 0 aromatic rings. The third-order valence-corrected chi connectivity index (χ3v) is 1.95. The Morgan fingerprint density at radius 1 is 1.31 bits per heavy atom. The molecule has 0 rings (SSSR count). The standard InChI is InChI=1S/C7H12N2O3S/c1-3-5-9(6-4-2)7(10)13(8,11)12/h3-4H,1-2,5-6H2,(H2,8,11,12). The van der Waals surface area contributed by atoms with Crippen LogP contribution in [0.5, 0.6) is 0 Å². The summed E-state index contributed by atoms with van der Waals surface area (Å²) in [6.07, 6.45) is 2.82. The van der Waals surface area contributed by atoms with E-state index in [0.29, 0.717) is 0 Å². The first kappa shape index (κ1) is 11.9. The molecule has 0 saturated heterocycles. The Morgan fingerprint density at radius 3 is 1.92 bits per heavy atom. The fraction of sp³-hybridized carbons (Fsp3) is 0.286. The van der Waals surface area contributed by atoms with E-state index >= 15 is 0 Å². The third kappa shape index (κ3) is 3.86. The monoisotopic (exact) mass is 204 g/mol. The van der Waals surface area contributed by atoms with Crippen molar-refractivity contribution in [2.24, 2.45) is 5.14 Å². The molecule has 0 unspecified atom stereocenters. The topological polar surface area (TPSA) is 80.5 Å². The Morgan fingerprint density at radius 2 is 1.69 bits per heavy atom. The molecule has 0 aliphatic carbocycles. The molecule has 6 heteroatoms. The molecule has 0 atom stereocenters. The van der Waals surface area contributed by atoms with Crippen LogP contribution in [0, 0.1) is 0 Å². The number of nitrogens with zero attached hydrogens (tertiary/aromatic N) is 1. The maximum Gasteiger partial charge on any atom is 0.354 e. The van der Waals surface area contributed by atoms with Crippen LogP contribution in [0.3, 0.4) is 0 Å². The number of amides is 1. The van der Waals surface area contributed by atoms with Crippen LogP contribution in [0.1, 0.15) is 0 Å². The minimum absolute atomic E-state index is 0.126. The van der Waals surface area contributed by atoms with Crippen molar-refractivity contribution < 1.29 is 13.2 Å². The van der Waals surface area contributed by atoms with Crippen LogP contribution in [0.4, 0.5) is 4.79 Å². The molecule has 0 aliphatic rings. The van der Waals surface area contributed by atoms with E-state index in [4.69, 9.17) is 0 Å². The number of sulfonamides is 1. The summed E-state index contributed by atoms with van der Waals surface area (Å²) in [6, 6.07) is 0. The predicted molar refractivity (Wildman–Crippen MR) is 50.5 cm³/mol. The van der Waals surface area contributed by atoms with Gasteiger partial charge < -0.3 is 4.90 Å². The van der Waals surface area contributed by atoms with Gasteiger partial charge in [0.25, 0.3) is 10.0 Å². The molecule has 0 aliphatic heterocycles. The van der Waals surface area contributed by atoms with E-state index in [0.717, 1.165) is 4.90 Å². The van der Waals surface area contributed by atoms with Crippen molar-refractivity contribution in [3.63, 3.8) is 0 Å². The quantitative estimate of drug-likeness (QED) is 0.658. The highest BCUT2D eigenvalue weighted by atomic mass is 32.2. The van der Waals surface area contributed by atoms with E-state index in [9.17, 15) is 13.2 Å². The SMILES string of the molecule is C=CCN(CC=C)C(=O)S(N)(=O)=O. The smallest absolute Gasteiger partial charge is 0.321 e. The van der Waals surface area contributed by atoms with Crippen molar-refractivity contribution in [1.82, 2.24) is 4.90 Å². The van der Waals surface area contributed by atoms with Crippen molar-refractivity contribution in [1.29, 1.82) is 0 Å². The largest absolute Gasteiger partial charge is 0.354 e. The number of hydrogen-bond acceptors (Lipinski definition) is 3. The first-order valence-corrected chi connectivity index (χ1v) is 5.01. The Bertz CT molecular complexity index is 298. The Hall–Kier alpha value is -1.14. The minimum Gasteiger partial charge on any atom is -0.321 e. The molecular formula is C7H12N2O3S. The van der Waals surface area contributed by atoms with Crippen molar-refractivity contribution in [2.45, 2.75) is 0 Å². The van der Waals surface area contributed by atoms with Crippen LogP contribution >= 0.6 is 0 Å². The lowest BCUT2D eigenvalue weighted by Crippen LogP contribution is -2.39. The summed E-state index contributed by atoms with van der Waals surface area (Å²) < 4.78 is 21.3. The molecule has 0 spiro atoms. The van der Waals surface area contributed by atoms with Gasteiger partial charge in [-0.2, -0.15) is 0 Å². The zero-order valence-electron chi connectivity index (χ0n) is 7.14. The van der Waals surface area contributed by atoms with Gasteiger partial charge in [-0.15, -0.1) is 13.2 Å². The molecule has 0 fully saturated rings. The molecule has 2 N–H and O–H groups in total. The van der Waals surface area contributed by atoms with Crippen LogP contribution in [-0.2, 0) is 10.0 Å². The van der Waals surface area contributed by atoms with Gasteiger partial charge in [0.1, 0.15) is 0 Å². The summed E-state index contributed by atoms with van der Waals surface area (Å²) in [5, 5.41) is 3.53. The average Bonchev–Trinajstić information content (AvgIpc) is 2.01. The van der Waals surface area contributed by atoms with Gasteiger partial charge in [-0.25, -0.2) is 13.6 Å². The second-order valence-corrected chi connectivity index (χ2v) is 3.73. The molecule has 13 heavy (non-hydrogen) atoms. The Labute approximate surface area is 77.6 Å². The van der Waals surface area contributed by atoms with Crippen LogP contribution in [0.15, 0.2) is 25.3 Å². The molecular weight excluding hydrogens is 192 g/mol. The Kier molecular flexibility index (Phi) is 4.36. The first-order chi connectivity index (χ1) is 5.93. The Balaban J connectivity index is 4.64. The fourth-order valence-corrected chi connectivity index (χ4v) is 1.22. The minimum atomic E-state index is -4.15. The molecule has 0 heterocycles. The third-order valence-electron chi connectivity index (χ3n) is 1.20. The molecule has 1 amide bonds. The summed E-state index contributed by atoms with van der Waals surface area (Å²) in [4.78, 5) is 12.1. The van der Waals surface area contributed by atoms with Crippen molar-refractivity contribution in [3.05, 3.63) is 25.3 Å². The van der Waals surface area contributed by atoms with Gasteiger partial charge in [-0.05, 0) is 0 Å². The van der Waals surface area contributed by atoms with E-state index in [1.54, 1.807) is 0 Å². The summed E-state index contributed by atoms with van der Waals surface area (Å²) >= 11 is 0. The highest BCUT2D eigenvalue weighted by Gasteiger charge is 2.22. The maximum atomic E-state index is 11.1. The summed E-state index contributed by atoms with van der Waals surface area (Å²) in [7, 11) is -4.15. The number of carbonyl (C=O) groups is 1. The molecule has 0 aromatic heterocycles. The number of primary sulfonamides is 1. The van der Waals surface area contributed by atoms with E-state index in [1.807, 2.05) is 0 Å². The van der Waals surface area contributed by atoms with E-state index in [-0.39, 0.29) is 13.1 Å². The number of rotatable bonds is 4. The molecule has 0 radical (unpaired) electrons. The molecule has 0 aromatic carbocycles. The second kappa shape index (κ2) is 4.78. The first-order valence-electron chi connectivity index (χ1n) is 3.47. The highest BCUT2D eigenvalue weighted by Crippen LogP contribution is 1.96. The maximum absolute atomic E-state index is 11.1. The van der Waals surface area contributed by atoms with Gasteiger partial charge in [0, 0.05) is 13.1 Å². The van der Waals surface area contributed by atoms with Crippen LogP contribution in [0.25, 0.3) is 0 Å². The van der Waals surface area contributed by atoms with Gasteiger partial charge in [0.05, 0.1) is 0 Å². The van der Waals surface area contributed by atoms with Crippen molar-refractivity contribution >= 4 is 15.3 Å². The lowest BCUT2D eigenvalue weighted by Gasteiger charge is -2.16. The number of carbonyl (C=O) groups excluding carboxylic acids is 1. The molecule has 5 nitrogen and oxygen atoms in total. The number of hydrogen-bond donors (Lipinski definition) is 1. The second-order valence-electron chi connectivity index (χ2n) is 2.29. The lowest BCUT2D eigenvalue weighted by atomic mass is 10.5. The predicted octanol–water partition coefficient (Wildman–Crippen LogP) is 0.0689. The van der Waals surface area contributed by atoms with E-state index in [2.05, 4.69) is 18.3 Å². The van der Waals surface area contributed by atoms with Crippen molar-refractivity contribution in [3.8, 4) is 0 Å². The van der Waals surface area contributed by atoms with Crippen LogP contribution < -0.4 is 5.14 Å². The summed E-state index contributed by atoms with van der Waals surface area (Å²) in [6.45, 7) is 7.02. The number of nitrogens with two attached hydrogens (primary N) is 1. The van der Waals surface area contributed by atoms with Crippen molar-refractivity contribution in [2.75, 3.05) is 13.1 Å². The zero-order chi connectivity index (χ0) is 10.5. The van der Waals surface area contributed by atoms with E-state index < -0.39 is 15.3 Å². The van der Waals surface area contributed by atoms with Gasteiger partial charge in [-0.3, -0.25) is 4.79 Å². The zero-order valence-corrected chi connectivity index (χ0v) is 7.96. The average molecular weight is 204 g/mol. The fourth-order valence-electron chi connectivity index (χ4n) is 0.715. The molecule has 74 valence electrons.